The summed E-state index contributed by atoms with van der Waals surface area (Å²) in [6, 6.07) is 15.1. The van der Waals surface area contributed by atoms with Crippen LogP contribution in [0.15, 0.2) is 52.8 Å². The minimum Gasteiger partial charge on any atom is -0.380 e. The van der Waals surface area contributed by atoms with Crippen LogP contribution in [0.5, 0.6) is 0 Å². The molecule has 2 nitrogen and oxygen atoms in total. The van der Waals surface area contributed by atoms with Crippen LogP contribution < -0.4 is 5.32 Å². The molecule has 0 radical (unpaired) electrons. The van der Waals surface area contributed by atoms with Crippen LogP contribution in [-0.4, -0.2) is 12.3 Å². The van der Waals surface area contributed by atoms with Crippen LogP contribution in [0, 0.1) is 0 Å². The highest BCUT2D eigenvalue weighted by Gasteiger charge is 2.00. The Morgan fingerprint density at radius 1 is 1.20 bits per heavy atom. The lowest BCUT2D eigenvalue weighted by Gasteiger charge is -2.03. The van der Waals surface area contributed by atoms with Gasteiger partial charge in [0.25, 0.3) is 0 Å². The summed E-state index contributed by atoms with van der Waals surface area (Å²) in [6.45, 7) is 3.06. The van der Waals surface area contributed by atoms with Crippen LogP contribution in [0.3, 0.4) is 0 Å². The average Bonchev–Trinajstić information content (AvgIpc) is 3.11. The van der Waals surface area contributed by atoms with Gasteiger partial charge in [0.2, 0.25) is 0 Å². The molecule has 0 spiro atoms. The molecular weight excluding hydrogens is 288 g/mol. The molecule has 0 amide bonds. The van der Waals surface area contributed by atoms with Gasteiger partial charge in [-0.3, -0.25) is 4.99 Å². The van der Waals surface area contributed by atoms with Gasteiger partial charge in [-0.05, 0) is 49.6 Å². The molecule has 2 heterocycles. The summed E-state index contributed by atoms with van der Waals surface area (Å²) in [5.41, 5.74) is 1.18. The number of anilines is 1. The fourth-order valence-corrected chi connectivity index (χ4v) is 2.45. The van der Waals surface area contributed by atoms with Crippen molar-refractivity contribution < 1.29 is 0 Å². The molecule has 3 rings (SSSR count). The minimum atomic E-state index is 0. The first-order valence-corrected chi connectivity index (χ1v) is 7.55. The van der Waals surface area contributed by atoms with Gasteiger partial charge in [-0.25, -0.2) is 0 Å². The third-order valence-corrected chi connectivity index (χ3v) is 3.77. The molecule has 4 heteroatoms. The topological polar surface area (TPSA) is 24.4 Å². The third-order valence-electron chi connectivity index (χ3n) is 2.89. The van der Waals surface area contributed by atoms with Gasteiger partial charge in [0.05, 0.1) is 0 Å². The van der Waals surface area contributed by atoms with E-state index < -0.39 is 0 Å². The maximum absolute atomic E-state index is 4.11. The Kier molecular flexibility index (Phi) is 8.00. The van der Waals surface area contributed by atoms with E-state index in [-0.39, 0.29) is 12.4 Å². The standard InChI is InChI=1S/C11H11NS.C5H9N.ClH/c1-2-5-10(6-3-1)12-9-11-7-4-8-13-11;1-5-3-2-4-6-5;/h1-8,12H,9H2;4-5H,2-3H2,1H3;1H. The number of hydrogen-bond donors (Lipinski definition) is 1. The van der Waals surface area contributed by atoms with E-state index in [4.69, 9.17) is 0 Å². The van der Waals surface area contributed by atoms with E-state index in [0.717, 1.165) is 6.54 Å². The Labute approximate surface area is 131 Å². The number of thiophene rings is 1. The average molecular weight is 309 g/mol. The number of aliphatic imine (C=N–C) groups is 1. The molecule has 1 aromatic carbocycles. The number of nitrogens with zero attached hydrogens (tertiary/aromatic N) is 1. The molecular formula is C16H21ClN2S. The van der Waals surface area contributed by atoms with Crippen molar-refractivity contribution in [3.63, 3.8) is 0 Å². The fourth-order valence-electron chi connectivity index (χ4n) is 1.80. The van der Waals surface area contributed by atoms with Crippen molar-refractivity contribution >= 4 is 35.6 Å². The Hall–Kier alpha value is -1.32. The van der Waals surface area contributed by atoms with Crippen LogP contribution >= 0.6 is 23.7 Å². The molecule has 1 aliphatic heterocycles. The number of rotatable bonds is 3. The Balaban J connectivity index is 0.000000243. The third kappa shape index (κ3) is 6.22. The second-order valence-corrected chi connectivity index (χ2v) is 5.59. The minimum absolute atomic E-state index is 0. The van der Waals surface area contributed by atoms with E-state index in [2.05, 4.69) is 46.9 Å². The summed E-state index contributed by atoms with van der Waals surface area (Å²) < 4.78 is 0. The highest BCUT2D eigenvalue weighted by Crippen LogP contribution is 2.12. The van der Waals surface area contributed by atoms with Crippen LogP contribution in [0.4, 0.5) is 5.69 Å². The van der Waals surface area contributed by atoms with E-state index in [0.29, 0.717) is 6.04 Å². The summed E-state index contributed by atoms with van der Waals surface area (Å²) >= 11 is 1.78. The number of benzene rings is 1. The molecule has 0 bridgehead atoms. The van der Waals surface area contributed by atoms with E-state index in [1.165, 1.54) is 23.4 Å². The van der Waals surface area contributed by atoms with Crippen LogP contribution in [0.1, 0.15) is 24.6 Å². The lowest BCUT2D eigenvalue weighted by Crippen LogP contribution is -1.96. The Morgan fingerprint density at radius 3 is 2.50 bits per heavy atom. The van der Waals surface area contributed by atoms with Gasteiger partial charge in [-0.15, -0.1) is 23.7 Å². The Morgan fingerprint density at radius 2 is 2.00 bits per heavy atom. The summed E-state index contributed by atoms with van der Waals surface area (Å²) in [4.78, 5) is 5.48. The molecule has 2 aromatic rings. The molecule has 108 valence electrons. The van der Waals surface area contributed by atoms with Crippen LogP contribution in [0.2, 0.25) is 0 Å². The highest BCUT2D eigenvalue weighted by molar-refractivity contribution is 7.09. The zero-order chi connectivity index (χ0) is 13.3. The number of halogens is 1. The van der Waals surface area contributed by atoms with E-state index >= 15 is 0 Å². The molecule has 1 unspecified atom stereocenters. The normalized spacial score (nSPS) is 15.9. The van der Waals surface area contributed by atoms with Crippen molar-refractivity contribution in [1.29, 1.82) is 0 Å². The number of hydrogen-bond acceptors (Lipinski definition) is 3. The molecule has 0 saturated carbocycles. The smallest absolute Gasteiger partial charge is 0.0494 e. The fraction of sp³-hybridized carbons (Fsp3) is 0.312. The van der Waals surface area contributed by atoms with Gasteiger partial charge < -0.3 is 5.32 Å². The Bertz CT molecular complexity index is 482. The van der Waals surface area contributed by atoms with E-state index in [1.54, 1.807) is 11.3 Å². The maximum Gasteiger partial charge on any atom is 0.0494 e. The maximum atomic E-state index is 4.11. The quantitative estimate of drug-likeness (QED) is 0.845. The van der Waals surface area contributed by atoms with Gasteiger partial charge in [-0.2, -0.15) is 0 Å². The van der Waals surface area contributed by atoms with E-state index in [9.17, 15) is 0 Å². The predicted octanol–water partition coefficient (Wildman–Crippen LogP) is 5.02. The monoisotopic (exact) mass is 308 g/mol. The number of para-hydroxylation sites is 1. The number of nitrogens with one attached hydrogen (secondary N) is 1. The van der Waals surface area contributed by atoms with Crippen molar-refractivity contribution in [2.24, 2.45) is 4.99 Å². The summed E-state index contributed by atoms with van der Waals surface area (Å²) in [7, 11) is 0. The van der Waals surface area contributed by atoms with Gasteiger partial charge >= 0.3 is 0 Å². The zero-order valence-corrected chi connectivity index (χ0v) is 13.3. The predicted molar refractivity (Wildman–Crippen MR) is 92.5 cm³/mol. The van der Waals surface area contributed by atoms with Crippen molar-refractivity contribution in [2.75, 3.05) is 5.32 Å². The first kappa shape index (κ1) is 16.7. The largest absolute Gasteiger partial charge is 0.380 e. The van der Waals surface area contributed by atoms with Gasteiger partial charge in [0.1, 0.15) is 0 Å². The summed E-state index contributed by atoms with van der Waals surface area (Å²) in [5.74, 6) is 0. The first-order chi connectivity index (χ1) is 9.34. The van der Waals surface area contributed by atoms with Crippen LogP contribution in [0.25, 0.3) is 0 Å². The SMILES string of the molecule is CC1CCC=N1.Cl.c1ccc(NCc2cccs2)cc1. The highest BCUT2D eigenvalue weighted by atomic mass is 35.5. The van der Waals surface area contributed by atoms with Crippen molar-refractivity contribution in [1.82, 2.24) is 0 Å². The molecule has 0 fully saturated rings. The van der Waals surface area contributed by atoms with Gasteiger partial charge in [0.15, 0.2) is 0 Å². The molecule has 0 saturated heterocycles. The summed E-state index contributed by atoms with van der Waals surface area (Å²) in [6.07, 6.45) is 4.46. The van der Waals surface area contributed by atoms with Crippen LogP contribution in [-0.2, 0) is 6.54 Å². The lowest BCUT2D eigenvalue weighted by atomic mass is 10.2. The molecule has 20 heavy (non-hydrogen) atoms. The van der Waals surface area contributed by atoms with Gasteiger partial charge in [-0.1, -0.05) is 24.3 Å². The zero-order valence-electron chi connectivity index (χ0n) is 11.7. The molecule has 1 aliphatic rings. The van der Waals surface area contributed by atoms with E-state index in [1.807, 2.05) is 24.4 Å². The van der Waals surface area contributed by atoms with Crippen molar-refractivity contribution in [3.8, 4) is 0 Å². The van der Waals surface area contributed by atoms with Gasteiger partial charge in [0, 0.05) is 23.2 Å². The van der Waals surface area contributed by atoms with Crippen molar-refractivity contribution in [3.05, 3.63) is 52.7 Å². The molecule has 1 N–H and O–H groups in total. The molecule has 0 aliphatic carbocycles. The molecule has 1 atom stereocenters. The van der Waals surface area contributed by atoms with Crippen molar-refractivity contribution in [2.45, 2.75) is 32.4 Å². The summed E-state index contributed by atoms with van der Waals surface area (Å²) in [5, 5.41) is 5.46. The second-order valence-electron chi connectivity index (χ2n) is 4.56. The lowest BCUT2D eigenvalue weighted by molar-refractivity contribution is 0.739. The first-order valence-electron chi connectivity index (χ1n) is 6.67. The second kappa shape index (κ2) is 9.56. The molecule has 1 aromatic heterocycles.